The quantitative estimate of drug-likeness (QED) is 0.638. The van der Waals surface area contributed by atoms with E-state index in [1.165, 1.54) is 35.5 Å². The van der Waals surface area contributed by atoms with Crippen molar-refractivity contribution < 1.29 is 27.5 Å². The number of para-hydroxylation sites is 1. The Labute approximate surface area is 187 Å². The highest BCUT2D eigenvalue weighted by Crippen LogP contribution is 2.31. The Hall–Kier alpha value is -2.91. The van der Waals surface area contributed by atoms with Crippen molar-refractivity contribution in [3.63, 3.8) is 0 Å². The molecule has 1 saturated heterocycles. The lowest BCUT2D eigenvalue weighted by atomic mass is 10.0. The second kappa shape index (κ2) is 9.30. The van der Waals surface area contributed by atoms with Crippen molar-refractivity contribution in [2.24, 2.45) is 0 Å². The van der Waals surface area contributed by atoms with E-state index in [2.05, 4.69) is 0 Å². The first-order valence-corrected chi connectivity index (χ1v) is 12.1. The smallest absolute Gasteiger partial charge is 0.338 e. The lowest BCUT2D eigenvalue weighted by molar-refractivity contribution is -0.143. The van der Waals surface area contributed by atoms with Gasteiger partial charge >= 0.3 is 5.97 Å². The highest BCUT2D eigenvalue weighted by atomic mass is 32.2. The number of morpholine rings is 1. The summed E-state index contributed by atoms with van der Waals surface area (Å²) in [5.41, 5.74) is 1.88. The molecule has 0 bridgehead atoms. The van der Waals surface area contributed by atoms with Gasteiger partial charge in [-0.2, -0.15) is 0 Å². The summed E-state index contributed by atoms with van der Waals surface area (Å²) in [4.78, 5) is 26.6. The molecule has 1 fully saturated rings. The Balaban J connectivity index is 1.46. The summed E-state index contributed by atoms with van der Waals surface area (Å²) >= 11 is 0. The number of hydrogen-bond donors (Lipinski definition) is 0. The van der Waals surface area contributed by atoms with Gasteiger partial charge in [-0.1, -0.05) is 18.2 Å². The van der Waals surface area contributed by atoms with E-state index in [-0.39, 0.29) is 16.4 Å². The fraction of sp³-hybridized carbons (Fsp3) is 0.391. The van der Waals surface area contributed by atoms with Crippen LogP contribution in [-0.2, 0) is 30.7 Å². The van der Waals surface area contributed by atoms with Gasteiger partial charge in [0.25, 0.3) is 15.9 Å². The van der Waals surface area contributed by atoms with E-state index in [4.69, 9.17) is 9.47 Å². The van der Waals surface area contributed by atoms with E-state index in [0.717, 1.165) is 18.4 Å². The normalized spacial score (nSPS) is 17.4. The van der Waals surface area contributed by atoms with Crippen molar-refractivity contribution in [3.05, 3.63) is 59.7 Å². The van der Waals surface area contributed by atoms with Crippen LogP contribution >= 0.6 is 0 Å². The second-order valence-electron chi connectivity index (χ2n) is 7.82. The average Bonchev–Trinajstić information content (AvgIpc) is 2.83. The van der Waals surface area contributed by atoms with Crippen LogP contribution < -0.4 is 4.31 Å². The molecule has 0 saturated carbocycles. The third kappa shape index (κ3) is 4.49. The van der Waals surface area contributed by atoms with Gasteiger partial charge < -0.3 is 14.4 Å². The van der Waals surface area contributed by atoms with Gasteiger partial charge in [0, 0.05) is 19.6 Å². The topological polar surface area (TPSA) is 93.2 Å². The fourth-order valence-corrected chi connectivity index (χ4v) is 5.50. The third-order valence-corrected chi connectivity index (χ3v) is 7.53. The number of rotatable bonds is 5. The van der Waals surface area contributed by atoms with Gasteiger partial charge in [-0.05, 0) is 55.7 Å². The van der Waals surface area contributed by atoms with Gasteiger partial charge in [-0.25, -0.2) is 13.2 Å². The lowest BCUT2D eigenvalue weighted by Crippen LogP contribution is -2.46. The first-order chi connectivity index (χ1) is 15.4. The van der Waals surface area contributed by atoms with Crippen molar-refractivity contribution in [2.45, 2.75) is 30.8 Å². The molecule has 1 atom stereocenters. The molecule has 1 amide bonds. The average molecular weight is 459 g/mol. The minimum Gasteiger partial charge on any atom is -0.449 e. The molecule has 2 aliphatic rings. The van der Waals surface area contributed by atoms with E-state index >= 15 is 0 Å². The molecule has 4 rings (SSSR count). The van der Waals surface area contributed by atoms with E-state index in [0.29, 0.717) is 38.5 Å². The molecule has 0 spiro atoms. The van der Waals surface area contributed by atoms with E-state index < -0.39 is 22.1 Å². The van der Waals surface area contributed by atoms with E-state index in [1.807, 2.05) is 24.3 Å². The number of esters is 1. The summed E-state index contributed by atoms with van der Waals surface area (Å²) in [7, 11) is -3.76. The van der Waals surface area contributed by atoms with Crippen molar-refractivity contribution in [1.82, 2.24) is 4.90 Å². The molecule has 9 heteroatoms. The summed E-state index contributed by atoms with van der Waals surface area (Å²) in [6.45, 7) is 3.79. The minimum atomic E-state index is -3.76. The van der Waals surface area contributed by atoms with Crippen LogP contribution in [0, 0.1) is 0 Å². The van der Waals surface area contributed by atoms with Gasteiger partial charge in [-0.15, -0.1) is 0 Å². The maximum Gasteiger partial charge on any atom is 0.338 e. The summed E-state index contributed by atoms with van der Waals surface area (Å²) in [5.74, 6) is -0.948. The Morgan fingerprint density at radius 1 is 1.00 bits per heavy atom. The molecule has 0 N–H and O–H groups in total. The van der Waals surface area contributed by atoms with E-state index in [9.17, 15) is 18.0 Å². The predicted octanol–water partition coefficient (Wildman–Crippen LogP) is 2.23. The zero-order valence-corrected chi connectivity index (χ0v) is 18.7. The van der Waals surface area contributed by atoms with Crippen LogP contribution in [0.2, 0.25) is 0 Å². The largest absolute Gasteiger partial charge is 0.449 e. The number of ether oxygens (including phenoxy) is 2. The summed E-state index contributed by atoms with van der Waals surface area (Å²) in [6.07, 6.45) is 0.651. The SMILES string of the molecule is CC(OC(=O)c1ccc(S(=O)(=O)N2CCCc3ccccc32)cc1)C(=O)N1CCOCC1. The highest BCUT2D eigenvalue weighted by Gasteiger charge is 2.30. The molecular formula is C23H26N2O6S. The predicted molar refractivity (Wildman–Crippen MR) is 118 cm³/mol. The van der Waals surface area contributed by atoms with Gasteiger partial charge in [0.1, 0.15) is 0 Å². The molecule has 170 valence electrons. The number of sulfonamides is 1. The van der Waals surface area contributed by atoms with Gasteiger partial charge in [0.15, 0.2) is 6.10 Å². The number of nitrogens with zero attached hydrogens (tertiary/aromatic N) is 2. The molecule has 0 radical (unpaired) electrons. The molecule has 2 aliphatic heterocycles. The number of benzene rings is 2. The number of carbonyl (C=O) groups excluding carboxylic acids is 2. The Morgan fingerprint density at radius 3 is 2.41 bits per heavy atom. The number of hydrogen-bond acceptors (Lipinski definition) is 6. The summed E-state index contributed by atoms with van der Waals surface area (Å²) in [5, 5.41) is 0. The standard InChI is InChI=1S/C23H26N2O6S/c1-17(22(26)24-13-15-30-16-14-24)31-23(27)19-8-10-20(11-9-19)32(28,29)25-12-4-6-18-5-2-3-7-21(18)25/h2-3,5,7-11,17H,4,6,12-16H2,1H3. The van der Waals surface area contributed by atoms with Crippen LogP contribution in [0.25, 0.3) is 0 Å². The molecular weight excluding hydrogens is 432 g/mol. The highest BCUT2D eigenvalue weighted by molar-refractivity contribution is 7.92. The summed E-state index contributed by atoms with van der Waals surface area (Å²) < 4.78 is 38.4. The molecule has 1 unspecified atom stereocenters. The second-order valence-corrected chi connectivity index (χ2v) is 9.68. The van der Waals surface area contributed by atoms with Gasteiger partial charge in [-0.3, -0.25) is 9.10 Å². The van der Waals surface area contributed by atoms with Gasteiger partial charge in [0.05, 0.1) is 29.4 Å². The third-order valence-electron chi connectivity index (χ3n) is 5.70. The number of fused-ring (bicyclic) bond motifs is 1. The zero-order chi connectivity index (χ0) is 22.7. The zero-order valence-electron chi connectivity index (χ0n) is 17.9. The molecule has 2 heterocycles. The molecule has 0 aromatic heterocycles. The molecule has 2 aromatic carbocycles. The number of aryl methyl sites for hydroxylation is 1. The maximum atomic E-state index is 13.2. The Bertz CT molecular complexity index is 1090. The summed E-state index contributed by atoms with van der Waals surface area (Å²) in [6, 6.07) is 13.1. The van der Waals surface area contributed by atoms with Crippen LogP contribution in [-0.4, -0.2) is 64.1 Å². The first-order valence-electron chi connectivity index (χ1n) is 10.7. The number of amides is 1. The number of carbonyl (C=O) groups is 2. The fourth-order valence-electron chi connectivity index (χ4n) is 3.96. The van der Waals surface area contributed by atoms with Crippen LogP contribution in [0.5, 0.6) is 0 Å². The monoisotopic (exact) mass is 458 g/mol. The van der Waals surface area contributed by atoms with Crippen molar-refractivity contribution in [2.75, 3.05) is 37.2 Å². The lowest BCUT2D eigenvalue weighted by Gasteiger charge is -2.30. The Kier molecular flexibility index (Phi) is 6.48. The Morgan fingerprint density at radius 2 is 1.69 bits per heavy atom. The number of anilines is 1. The van der Waals surface area contributed by atoms with Crippen molar-refractivity contribution >= 4 is 27.6 Å². The first kappa shape index (κ1) is 22.3. The molecule has 32 heavy (non-hydrogen) atoms. The minimum absolute atomic E-state index is 0.100. The van der Waals surface area contributed by atoms with Gasteiger partial charge in [0.2, 0.25) is 0 Å². The van der Waals surface area contributed by atoms with E-state index in [1.54, 1.807) is 4.90 Å². The maximum absolute atomic E-state index is 13.2. The van der Waals surface area contributed by atoms with Crippen molar-refractivity contribution in [1.29, 1.82) is 0 Å². The molecule has 0 aliphatic carbocycles. The molecule has 2 aromatic rings. The van der Waals surface area contributed by atoms with Crippen LogP contribution in [0.15, 0.2) is 53.4 Å². The van der Waals surface area contributed by atoms with Crippen LogP contribution in [0.4, 0.5) is 5.69 Å². The van der Waals surface area contributed by atoms with Crippen LogP contribution in [0.3, 0.4) is 0 Å². The van der Waals surface area contributed by atoms with Crippen LogP contribution in [0.1, 0.15) is 29.3 Å². The van der Waals surface area contributed by atoms with Crippen molar-refractivity contribution in [3.8, 4) is 0 Å². The molecule has 8 nitrogen and oxygen atoms in total.